The molecule has 4 nitrogen and oxygen atoms in total. The lowest BCUT2D eigenvalue weighted by atomic mass is 10.2. The molecule has 1 rings (SSSR count). The van der Waals surface area contributed by atoms with Gasteiger partial charge >= 0.3 is 0 Å². The fourth-order valence-electron chi connectivity index (χ4n) is 1.07. The summed E-state index contributed by atoms with van der Waals surface area (Å²) < 4.78 is 5.29. The molecule has 1 amide bonds. The highest BCUT2D eigenvalue weighted by atomic mass is 16.3. The molecule has 0 unspecified atom stereocenters. The Morgan fingerprint density at radius 2 is 2.36 bits per heavy atom. The molecular formula is C10H16N2O2. The minimum Gasteiger partial charge on any atom is -0.465 e. The minimum absolute atomic E-state index is 0.137. The normalized spacial score (nSPS) is 12.5. The second kappa shape index (κ2) is 4.81. The molecule has 0 saturated carbocycles. The van der Waals surface area contributed by atoms with Crippen LogP contribution in [-0.2, 0) is 11.3 Å². The summed E-state index contributed by atoms with van der Waals surface area (Å²) in [5, 5.41) is 2.71. The molecule has 0 fully saturated rings. The van der Waals surface area contributed by atoms with Crippen LogP contribution in [-0.4, -0.2) is 11.9 Å². The van der Waals surface area contributed by atoms with E-state index in [9.17, 15) is 4.79 Å². The van der Waals surface area contributed by atoms with Gasteiger partial charge in [-0.1, -0.05) is 6.92 Å². The largest absolute Gasteiger partial charge is 0.465 e. The van der Waals surface area contributed by atoms with Crippen LogP contribution >= 0.6 is 0 Å². The Morgan fingerprint density at radius 3 is 2.86 bits per heavy atom. The number of amides is 1. The van der Waals surface area contributed by atoms with Crippen molar-refractivity contribution in [2.75, 3.05) is 0 Å². The number of nitrogens with two attached hydrogens (primary N) is 1. The van der Waals surface area contributed by atoms with Gasteiger partial charge in [-0.15, -0.1) is 0 Å². The van der Waals surface area contributed by atoms with E-state index in [0.717, 1.165) is 11.5 Å². The van der Waals surface area contributed by atoms with E-state index in [1.54, 1.807) is 0 Å². The summed E-state index contributed by atoms with van der Waals surface area (Å²) in [5.74, 6) is 1.45. The maximum absolute atomic E-state index is 11.3. The molecule has 0 aliphatic carbocycles. The number of carbonyl (C=O) groups excluding carboxylic acids is 1. The fourth-order valence-corrected chi connectivity index (χ4v) is 1.07. The molecular weight excluding hydrogens is 180 g/mol. The Bertz CT molecular complexity index is 307. The van der Waals surface area contributed by atoms with E-state index in [4.69, 9.17) is 10.2 Å². The average molecular weight is 196 g/mol. The highest BCUT2D eigenvalue weighted by Crippen LogP contribution is 2.05. The van der Waals surface area contributed by atoms with Crippen molar-refractivity contribution < 1.29 is 9.21 Å². The molecule has 0 radical (unpaired) electrons. The number of furan rings is 1. The van der Waals surface area contributed by atoms with Crippen molar-refractivity contribution in [3.8, 4) is 0 Å². The van der Waals surface area contributed by atoms with Gasteiger partial charge in [0.15, 0.2) is 0 Å². The van der Waals surface area contributed by atoms with Crippen LogP contribution in [0.1, 0.15) is 24.9 Å². The number of hydrogen-bond donors (Lipinski definition) is 2. The van der Waals surface area contributed by atoms with Crippen LogP contribution in [0.25, 0.3) is 0 Å². The topological polar surface area (TPSA) is 68.3 Å². The maximum atomic E-state index is 11.3. The molecule has 1 aromatic rings. The van der Waals surface area contributed by atoms with Gasteiger partial charge in [0, 0.05) is 0 Å². The molecule has 0 aliphatic heterocycles. The smallest absolute Gasteiger partial charge is 0.237 e. The van der Waals surface area contributed by atoms with Crippen molar-refractivity contribution in [3.63, 3.8) is 0 Å². The number of carbonyl (C=O) groups is 1. The van der Waals surface area contributed by atoms with Crippen molar-refractivity contribution in [2.45, 2.75) is 32.9 Å². The predicted octanol–water partition coefficient (Wildman–Crippen LogP) is 0.942. The summed E-state index contributed by atoms with van der Waals surface area (Å²) in [7, 11) is 0. The molecule has 78 valence electrons. The predicted molar refractivity (Wildman–Crippen MR) is 53.6 cm³/mol. The SMILES string of the molecule is CC[C@@H](N)C(=O)NCc1ccc(C)o1. The lowest BCUT2D eigenvalue weighted by Gasteiger charge is -2.08. The van der Waals surface area contributed by atoms with E-state index in [1.807, 2.05) is 26.0 Å². The van der Waals surface area contributed by atoms with Crippen LogP contribution in [0, 0.1) is 6.92 Å². The number of aryl methyl sites for hydroxylation is 1. The van der Waals surface area contributed by atoms with E-state index in [-0.39, 0.29) is 5.91 Å². The highest BCUT2D eigenvalue weighted by Gasteiger charge is 2.10. The molecule has 14 heavy (non-hydrogen) atoms. The lowest BCUT2D eigenvalue weighted by molar-refractivity contribution is -0.122. The Labute approximate surface area is 83.5 Å². The van der Waals surface area contributed by atoms with Crippen LogP contribution in [0.3, 0.4) is 0 Å². The molecule has 0 aliphatic rings. The summed E-state index contributed by atoms with van der Waals surface area (Å²) in [4.78, 5) is 11.3. The summed E-state index contributed by atoms with van der Waals surface area (Å²) in [6.07, 6.45) is 0.642. The molecule has 1 heterocycles. The van der Waals surface area contributed by atoms with Crippen molar-refractivity contribution in [3.05, 3.63) is 23.7 Å². The van der Waals surface area contributed by atoms with Crippen LogP contribution in [0.4, 0.5) is 0 Å². The van der Waals surface area contributed by atoms with Gasteiger partial charge < -0.3 is 15.5 Å². The van der Waals surface area contributed by atoms with Crippen LogP contribution in [0.2, 0.25) is 0 Å². The maximum Gasteiger partial charge on any atom is 0.237 e. The standard InChI is InChI=1S/C10H16N2O2/c1-3-9(11)10(13)12-6-8-5-4-7(2)14-8/h4-5,9H,3,6,11H2,1-2H3,(H,12,13)/t9-/m1/s1. The number of nitrogens with one attached hydrogen (secondary N) is 1. The van der Waals surface area contributed by atoms with Gasteiger partial charge in [-0.3, -0.25) is 4.79 Å². The summed E-state index contributed by atoms with van der Waals surface area (Å²) in [6.45, 7) is 4.14. The van der Waals surface area contributed by atoms with Gasteiger partial charge in [0.2, 0.25) is 5.91 Å². The van der Waals surface area contributed by atoms with E-state index >= 15 is 0 Å². The number of rotatable bonds is 4. The van der Waals surface area contributed by atoms with E-state index in [2.05, 4.69) is 5.32 Å². The quantitative estimate of drug-likeness (QED) is 0.753. The van der Waals surface area contributed by atoms with E-state index < -0.39 is 6.04 Å². The molecule has 3 N–H and O–H groups in total. The second-order valence-electron chi connectivity index (χ2n) is 3.24. The minimum atomic E-state index is -0.425. The van der Waals surface area contributed by atoms with Crippen molar-refractivity contribution in [1.82, 2.24) is 5.32 Å². The Hall–Kier alpha value is -1.29. The molecule has 1 atom stereocenters. The summed E-state index contributed by atoms with van der Waals surface area (Å²) in [6, 6.07) is 3.28. The molecule has 0 spiro atoms. The van der Waals surface area contributed by atoms with Gasteiger partial charge in [0.05, 0.1) is 12.6 Å². The van der Waals surface area contributed by atoms with Crippen LogP contribution in [0.15, 0.2) is 16.5 Å². The zero-order valence-electron chi connectivity index (χ0n) is 8.54. The van der Waals surface area contributed by atoms with E-state index in [1.165, 1.54) is 0 Å². The van der Waals surface area contributed by atoms with Gasteiger partial charge in [0.25, 0.3) is 0 Å². The first-order valence-corrected chi connectivity index (χ1v) is 4.72. The zero-order chi connectivity index (χ0) is 10.6. The fraction of sp³-hybridized carbons (Fsp3) is 0.500. The average Bonchev–Trinajstić information content (AvgIpc) is 2.59. The monoisotopic (exact) mass is 196 g/mol. The van der Waals surface area contributed by atoms with Crippen molar-refractivity contribution in [2.24, 2.45) is 5.73 Å². The molecule has 0 saturated heterocycles. The van der Waals surface area contributed by atoms with Crippen molar-refractivity contribution >= 4 is 5.91 Å². The molecule has 1 aromatic heterocycles. The van der Waals surface area contributed by atoms with Crippen LogP contribution in [0.5, 0.6) is 0 Å². The highest BCUT2D eigenvalue weighted by molar-refractivity contribution is 5.81. The third-order valence-corrected chi connectivity index (χ3v) is 2.01. The molecule has 0 bridgehead atoms. The Morgan fingerprint density at radius 1 is 1.64 bits per heavy atom. The van der Waals surface area contributed by atoms with Crippen LogP contribution < -0.4 is 11.1 Å². The third kappa shape index (κ3) is 2.88. The molecule has 4 heteroatoms. The Kier molecular flexibility index (Phi) is 3.71. The first-order valence-electron chi connectivity index (χ1n) is 4.72. The zero-order valence-corrected chi connectivity index (χ0v) is 8.54. The summed E-state index contributed by atoms with van der Waals surface area (Å²) >= 11 is 0. The second-order valence-corrected chi connectivity index (χ2v) is 3.24. The van der Waals surface area contributed by atoms with Gasteiger partial charge in [-0.05, 0) is 25.5 Å². The third-order valence-electron chi connectivity index (χ3n) is 2.01. The van der Waals surface area contributed by atoms with Gasteiger partial charge in [-0.2, -0.15) is 0 Å². The number of hydrogen-bond acceptors (Lipinski definition) is 3. The van der Waals surface area contributed by atoms with Gasteiger partial charge in [-0.25, -0.2) is 0 Å². The Balaban J connectivity index is 2.37. The van der Waals surface area contributed by atoms with Gasteiger partial charge in [0.1, 0.15) is 11.5 Å². The lowest BCUT2D eigenvalue weighted by Crippen LogP contribution is -2.39. The first-order chi connectivity index (χ1) is 6.63. The van der Waals surface area contributed by atoms with E-state index in [0.29, 0.717) is 13.0 Å². The van der Waals surface area contributed by atoms with Crippen molar-refractivity contribution in [1.29, 1.82) is 0 Å². The first kappa shape index (κ1) is 10.8. The summed E-state index contributed by atoms with van der Waals surface area (Å²) in [5.41, 5.74) is 5.54. The molecule has 0 aromatic carbocycles.